The highest BCUT2D eigenvalue weighted by atomic mass is 32.2. The average Bonchev–Trinajstić information content (AvgIpc) is 2.20. The molecule has 0 aliphatic carbocycles. The van der Waals surface area contributed by atoms with E-state index in [-0.39, 0.29) is 5.69 Å². The van der Waals surface area contributed by atoms with Crippen LogP contribution in [0.3, 0.4) is 0 Å². The van der Waals surface area contributed by atoms with Crippen LogP contribution in [0.1, 0.15) is 5.56 Å². The summed E-state index contributed by atoms with van der Waals surface area (Å²) < 4.78 is 59.8. The third kappa shape index (κ3) is 2.64. The van der Waals surface area contributed by atoms with Crippen molar-refractivity contribution in [2.45, 2.75) is 5.76 Å². The Morgan fingerprint density at radius 3 is 2.50 bits per heavy atom. The summed E-state index contributed by atoms with van der Waals surface area (Å²) in [4.78, 5) is 0. The average molecular weight is 250 g/mol. The molecule has 1 aromatic rings. The van der Waals surface area contributed by atoms with Crippen LogP contribution < -0.4 is 4.72 Å². The van der Waals surface area contributed by atoms with Gasteiger partial charge in [-0.1, -0.05) is 0 Å². The van der Waals surface area contributed by atoms with Crippen LogP contribution in [-0.4, -0.2) is 14.2 Å². The van der Waals surface area contributed by atoms with Crippen LogP contribution >= 0.6 is 0 Å². The van der Waals surface area contributed by atoms with Crippen molar-refractivity contribution in [3.63, 3.8) is 0 Å². The number of hydrogen-bond acceptors (Lipinski definition) is 3. The lowest BCUT2D eigenvalue weighted by molar-refractivity contribution is 0.236. The maximum absolute atomic E-state index is 12.8. The summed E-state index contributed by atoms with van der Waals surface area (Å²) in [5, 5.41) is 8.44. The van der Waals surface area contributed by atoms with Gasteiger partial charge in [0.15, 0.2) is 0 Å². The first-order chi connectivity index (χ1) is 7.36. The maximum Gasteiger partial charge on any atom is 0.355 e. The number of nitrogens with one attached hydrogen (secondary N) is 1. The smallest absolute Gasteiger partial charge is 0.279 e. The molecule has 0 amide bonds. The van der Waals surface area contributed by atoms with Crippen molar-refractivity contribution in [3.8, 4) is 6.07 Å². The van der Waals surface area contributed by atoms with Gasteiger partial charge in [-0.15, -0.1) is 0 Å². The largest absolute Gasteiger partial charge is 0.355 e. The summed E-state index contributed by atoms with van der Waals surface area (Å²) in [6.07, 6.45) is 0. The Hall–Kier alpha value is -1.75. The molecule has 0 radical (unpaired) electrons. The molecule has 0 heterocycles. The van der Waals surface area contributed by atoms with E-state index in [1.807, 2.05) is 0 Å². The predicted octanol–water partition coefficient (Wildman–Crippen LogP) is 1.66. The third-order valence-corrected chi connectivity index (χ3v) is 2.57. The molecule has 1 aromatic carbocycles. The van der Waals surface area contributed by atoms with Gasteiger partial charge in [-0.2, -0.15) is 14.0 Å². The van der Waals surface area contributed by atoms with Gasteiger partial charge in [0, 0.05) is 0 Å². The van der Waals surface area contributed by atoms with Crippen molar-refractivity contribution in [2.24, 2.45) is 0 Å². The van der Waals surface area contributed by atoms with E-state index in [4.69, 9.17) is 5.26 Å². The van der Waals surface area contributed by atoms with E-state index in [0.717, 1.165) is 18.2 Å². The van der Waals surface area contributed by atoms with Crippen LogP contribution in [0.4, 0.5) is 18.9 Å². The molecule has 1 N–H and O–H groups in total. The predicted molar refractivity (Wildman–Crippen MR) is 49.7 cm³/mol. The zero-order valence-corrected chi connectivity index (χ0v) is 8.43. The molecule has 1 rings (SSSR count). The Labute approximate surface area is 89.4 Å². The Bertz CT molecular complexity index is 537. The molecule has 0 aliphatic rings. The molecule has 0 saturated heterocycles. The van der Waals surface area contributed by atoms with Crippen LogP contribution in [0.15, 0.2) is 18.2 Å². The van der Waals surface area contributed by atoms with Crippen LogP contribution in [0.25, 0.3) is 0 Å². The van der Waals surface area contributed by atoms with E-state index < -0.39 is 27.2 Å². The molecular weight excluding hydrogens is 245 g/mol. The molecule has 0 bridgehead atoms. The molecule has 86 valence electrons. The second-order valence-corrected chi connectivity index (χ2v) is 4.36. The van der Waals surface area contributed by atoms with E-state index in [2.05, 4.69) is 0 Å². The van der Waals surface area contributed by atoms with Crippen molar-refractivity contribution in [3.05, 3.63) is 29.6 Å². The van der Waals surface area contributed by atoms with Gasteiger partial charge in [-0.05, 0) is 18.2 Å². The zero-order chi connectivity index (χ0) is 12.3. The molecular formula is C8H5F3N2O2S. The third-order valence-electron chi connectivity index (χ3n) is 1.58. The number of sulfonamides is 1. The number of benzene rings is 1. The first kappa shape index (κ1) is 12.3. The highest BCUT2D eigenvalue weighted by Crippen LogP contribution is 2.17. The first-order valence-electron chi connectivity index (χ1n) is 3.86. The van der Waals surface area contributed by atoms with Gasteiger partial charge in [0.1, 0.15) is 11.9 Å². The fourth-order valence-electron chi connectivity index (χ4n) is 0.883. The van der Waals surface area contributed by atoms with Crippen molar-refractivity contribution < 1.29 is 21.6 Å². The lowest BCUT2D eigenvalue weighted by atomic mass is 10.2. The fourth-order valence-corrected chi connectivity index (χ4v) is 1.43. The topological polar surface area (TPSA) is 70.0 Å². The van der Waals surface area contributed by atoms with Crippen LogP contribution in [-0.2, 0) is 10.0 Å². The Morgan fingerprint density at radius 1 is 1.38 bits per heavy atom. The SMILES string of the molecule is N#Cc1cc(NS(=O)(=O)C(F)F)ccc1F. The monoisotopic (exact) mass is 250 g/mol. The molecule has 0 saturated carbocycles. The Balaban J connectivity index is 3.06. The van der Waals surface area contributed by atoms with Crippen molar-refractivity contribution in [1.82, 2.24) is 0 Å². The summed E-state index contributed by atoms with van der Waals surface area (Å²) >= 11 is 0. The second-order valence-electron chi connectivity index (χ2n) is 2.71. The summed E-state index contributed by atoms with van der Waals surface area (Å²) in [5.74, 6) is -4.45. The number of rotatable bonds is 3. The number of halogens is 3. The van der Waals surface area contributed by atoms with Crippen LogP contribution in [0.5, 0.6) is 0 Å². The van der Waals surface area contributed by atoms with Gasteiger partial charge in [-0.3, -0.25) is 4.72 Å². The standard InChI is InChI=1S/C8H5F3N2O2S/c9-7-2-1-6(3-5(7)4-12)13-16(14,15)8(10)11/h1-3,8,13H. The lowest BCUT2D eigenvalue weighted by Gasteiger charge is -2.06. The Morgan fingerprint density at radius 2 is 2.00 bits per heavy atom. The fraction of sp³-hybridized carbons (Fsp3) is 0.125. The minimum Gasteiger partial charge on any atom is -0.279 e. The van der Waals surface area contributed by atoms with Gasteiger partial charge in [0.25, 0.3) is 10.0 Å². The van der Waals surface area contributed by atoms with Crippen molar-refractivity contribution in [2.75, 3.05) is 4.72 Å². The van der Waals surface area contributed by atoms with E-state index in [9.17, 15) is 21.6 Å². The molecule has 0 aliphatic heterocycles. The van der Waals surface area contributed by atoms with Crippen LogP contribution in [0, 0.1) is 17.1 Å². The maximum atomic E-state index is 12.8. The normalized spacial score (nSPS) is 11.2. The van der Waals surface area contributed by atoms with E-state index in [1.165, 1.54) is 10.8 Å². The molecule has 0 spiro atoms. The zero-order valence-electron chi connectivity index (χ0n) is 7.62. The Kier molecular flexibility index (Phi) is 3.39. The molecule has 4 nitrogen and oxygen atoms in total. The molecule has 8 heteroatoms. The quantitative estimate of drug-likeness (QED) is 0.886. The molecule has 0 unspecified atom stereocenters. The van der Waals surface area contributed by atoms with Gasteiger partial charge in [0.2, 0.25) is 0 Å². The molecule has 0 atom stereocenters. The summed E-state index contributed by atoms with van der Waals surface area (Å²) in [7, 11) is -4.80. The highest BCUT2D eigenvalue weighted by molar-refractivity contribution is 7.93. The number of hydrogen-bond donors (Lipinski definition) is 1. The van der Waals surface area contributed by atoms with Crippen molar-refractivity contribution >= 4 is 15.7 Å². The van der Waals surface area contributed by atoms with E-state index >= 15 is 0 Å². The minimum absolute atomic E-state index is 0.293. The lowest BCUT2D eigenvalue weighted by Crippen LogP contribution is -2.20. The summed E-state index contributed by atoms with van der Waals surface area (Å²) in [5.41, 5.74) is -0.729. The van der Waals surface area contributed by atoms with Gasteiger partial charge in [-0.25, -0.2) is 12.8 Å². The molecule has 0 fully saturated rings. The molecule has 0 aromatic heterocycles. The summed E-state index contributed by atoms with van der Waals surface area (Å²) in [6, 6.07) is 4.03. The molecule has 16 heavy (non-hydrogen) atoms. The van der Waals surface area contributed by atoms with Crippen molar-refractivity contribution in [1.29, 1.82) is 5.26 Å². The number of anilines is 1. The van der Waals surface area contributed by atoms with Gasteiger partial charge >= 0.3 is 5.76 Å². The number of nitriles is 1. The highest BCUT2D eigenvalue weighted by Gasteiger charge is 2.23. The minimum atomic E-state index is -4.80. The summed E-state index contributed by atoms with van der Waals surface area (Å²) in [6.45, 7) is 0. The van der Waals surface area contributed by atoms with E-state index in [1.54, 1.807) is 0 Å². The van der Waals surface area contributed by atoms with Crippen LogP contribution in [0.2, 0.25) is 0 Å². The van der Waals surface area contributed by atoms with E-state index in [0.29, 0.717) is 0 Å². The number of alkyl halides is 2. The first-order valence-corrected chi connectivity index (χ1v) is 5.41. The second kappa shape index (κ2) is 4.40. The number of nitrogens with zero attached hydrogens (tertiary/aromatic N) is 1. The van der Waals surface area contributed by atoms with Gasteiger partial charge < -0.3 is 0 Å². The van der Waals surface area contributed by atoms with Gasteiger partial charge in [0.05, 0.1) is 11.3 Å².